The quantitative estimate of drug-likeness (QED) is 0.331. The van der Waals surface area contributed by atoms with Crippen molar-refractivity contribution in [3.63, 3.8) is 0 Å². The van der Waals surface area contributed by atoms with E-state index in [4.69, 9.17) is 9.47 Å². The summed E-state index contributed by atoms with van der Waals surface area (Å²) in [4.78, 5) is 0. The number of aromatic hydroxyl groups is 1. The molecule has 1 N–H and O–H groups in total. The van der Waals surface area contributed by atoms with Crippen LogP contribution in [0.15, 0.2) is 18.2 Å². The topological polar surface area (TPSA) is 38.7 Å². The van der Waals surface area contributed by atoms with Gasteiger partial charge in [0.05, 0.1) is 13.2 Å². The van der Waals surface area contributed by atoms with E-state index in [2.05, 4.69) is 13.8 Å². The molecule has 0 unspecified atom stereocenters. The van der Waals surface area contributed by atoms with Gasteiger partial charge in [0.15, 0.2) is 11.5 Å². The van der Waals surface area contributed by atoms with Crippen LogP contribution in [0.4, 0.5) is 0 Å². The van der Waals surface area contributed by atoms with Crippen molar-refractivity contribution < 1.29 is 14.6 Å². The van der Waals surface area contributed by atoms with Crippen molar-refractivity contribution in [2.75, 3.05) is 13.2 Å². The van der Waals surface area contributed by atoms with Crippen molar-refractivity contribution in [1.29, 1.82) is 0 Å². The molecular formula is C22H38O3. The Kier molecular flexibility index (Phi) is 12.9. The number of hydrogen-bond donors (Lipinski definition) is 1. The zero-order chi connectivity index (χ0) is 18.2. The Morgan fingerprint density at radius 3 is 1.48 bits per heavy atom. The Balaban J connectivity index is 2.21. The SMILES string of the molecule is CCCCCCCCOc1cccc(OCCCCCCCC)c1O. The lowest BCUT2D eigenvalue weighted by Crippen LogP contribution is -2.00. The average Bonchev–Trinajstić information content (AvgIpc) is 2.62. The molecule has 0 atom stereocenters. The summed E-state index contributed by atoms with van der Waals surface area (Å²) >= 11 is 0. The Labute approximate surface area is 154 Å². The van der Waals surface area contributed by atoms with Gasteiger partial charge in [0.1, 0.15) is 0 Å². The first-order valence-corrected chi connectivity index (χ1v) is 10.4. The fourth-order valence-electron chi connectivity index (χ4n) is 2.86. The van der Waals surface area contributed by atoms with Crippen LogP contribution in [0, 0.1) is 0 Å². The highest BCUT2D eigenvalue weighted by atomic mass is 16.5. The molecule has 3 heteroatoms. The molecule has 0 aliphatic carbocycles. The molecule has 144 valence electrons. The summed E-state index contributed by atoms with van der Waals surface area (Å²) in [6, 6.07) is 5.50. The van der Waals surface area contributed by atoms with Gasteiger partial charge in [-0.05, 0) is 25.0 Å². The number of benzene rings is 1. The zero-order valence-electron chi connectivity index (χ0n) is 16.4. The highest BCUT2D eigenvalue weighted by Crippen LogP contribution is 2.36. The van der Waals surface area contributed by atoms with Gasteiger partial charge in [-0.3, -0.25) is 0 Å². The molecule has 0 aliphatic rings. The van der Waals surface area contributed by atoms with E-state index in [-0.39, 0.29) is 5.75 Å². The fourth-order valence-corrected chi connectivity index (χ4v) is 2.86. The van der Waals surface area contributed by atoms with Gasteiger partial charge in [0, 0.05) is 0 Å². The third-order valence-electron chi connectivity index (χ3n) is 4.47. The predicted molar refractivity (Wildman–Crippen MR) is 106 cm³/mol. The maximum Gasteiger partial charge on any atom is 0.200 e. The first-order chi connectivity index (χ1) is 12.3. The monoisotopic (exact) mass is 350 g/mol. The number of unbranched alkanes of at least 4 members (excludes halogenated alkanes) is 10. The van der Waals surface area contributed by atoms with E-state index in [0.717, 1.165) is 12.8 Å². The molecule has 1 aromatic rings. The lowest BCUT2D eigenvalue weighted by Gasteiger charge is -2.12. The number of phenols is 1. The Morgan fingerprint density at radius 2 is 1.04 bits per heavy atom. The summed E-state index contributed by atoms with van der Waals surface area (Å²) in [7, 11) is 0. The molecule has 0 saturated heterocycles. The van der Waals surface area contributed by atoms with E-state index >= 15 is 0 Å². The van der Waals surface area contributed by atoms with Crippen molar-refractivity contribution in [2.24, 2.45) is 0 Å². The largest absolute Gasteiger partial charge is 0.502 e. The maximum absolute atomic E-state index is 10.3. The van der Waals surface area contributed by atoms with Crippen molar-refractivity contribution in [3.8, 4) is 17.2 Å². The first kappa shape index (κ1) is 21.7. The summed E-state index contributed by atoms with van der Waals surface area (Å²) in [5, 5.41) is 10.3. The van der Waals surface area contributed by atoms with Crippen LogP contribution in [0.2, 0.25) is 0 Å². The first-order valence-electron chi connectivity index (χ1n) is 10.4. The average molecular weight is 351 g/mol. The Morgan fingerprint density at radius 1 is 0.640 bits per heavy atom. The lowest BCUT2D eigenvalue weighted by molar-refractivity contribution is 0.264. The molecule has 0 fully saturated rings. The van der Waals surface area contributed by atoms with Gasteiger partial charge in [-0.2, -0.15) is 0 Å². The van der Waals surface area contributed by atoms with E-state index in [0.29, 0.717) is 24.7 Å². The number of para-hydroxylation sites is 1. The minimum atomic E-state index is 0.138. The van der Waals surface area contributed by atoms with E-state index in [1.54, 1.807) is 0 Å². The molecular weight excluding hydrogens is 312 g/mol. The van der Waals surface area contributed by atoms with Crippen molar-refractivity contribution >= 4 is 0 Å². The molecule has 0 amide bonds. The van der Waals surface area contributed by atoms with Crippen LogP contribution in [-0.2, 0) is 0 Å². The second kappa shape index (κ2) is 14.9. The van der Waals surface area contributed by atoms with Crippen LogP contribution >= 0.6 is 0 Å². The smallest absolute Gasteiger partial charge is 0.200 e. The summed E-state index contributed by atoms with van der Waals surface area (Å²) in [5.41, 5.74) is 0. The molecule has 0 aliphatic heterocycles. The van der Waals surface area contributed by atoms with Crippen LogP contribution in [-0.4, -0.2) is 18.3 Å². The van der Waals surface area contributed by atoms with Crippen LogP contribution in [0.1, 0.15) is 90.9 Å². The van der Waals surface area contributed by atoms with Gasteiger partial charge in [0.2, 0.25) is 5.75 Å². The standard InChI is InChI=1S/C22H38O3/c1-3-5-7-9-11-13-18-24-20-16-15-17-21(22(20)23)25-19-14-12-10-8-6-4-2/h15-17,23H,3-14,18-19H2,1-2H3. The second-order valence-corrected chi connectivity index (χ2v) is 6.84. The molecule has 0 radical (unpaired) electrons. The molecule has 1 aromatic carbocycles. The number of hydrogen-bond acceptors (Lipinski definition) is 3. The van der Waals surface area contributed by atoms with Crippen molar-refractivity contribution in [1.82, 2.24) is 0 Å². The van der Waals surface area contributed by atoms with Gasteiger partial charge in [-0.15, -0.1) is 0 Å². The van der Waals surface area contributed by atoms with Gasteiger partial charge < -0.3 is 14.6 Å². The highest BCUT2D eigenvalue weighted by Gasteiger charge is 2.09. The molecule has 3 nitrogen and oxygen atoms in total. The maximum atomic E-state index is 10.3. The van der Waals surface area contributed by atoms with Crippen LogP contribution < -0.4 is 9.47 Å². The summed E-state index contributed by atoms with van der Waals surface area (Å²) < 4.78 is 11.5. The predicted octanol–water partition coefficient (Wildman–Crippen LogP) is 6.87. The zero-order valence-corrected chi connectivity index (χ0v) is 16.4. The second-order valence-electron chi connectivity index (χ2n) is 6.84. The number of rotatable bonds is 16. The third-order valence-corrected chi connectivity index (χ3v) is 4.47. The normalized spacial score (nSPS) is 10.8. The minimum absolute atomic E-state index is 0.138. The van der Waals surface area contributed by atoms with Crippen LogP contribution in [0.25, 0.3) is 0 Å². The highest BCUT2D eigenvalue weighted by molar-refractivity contribution is 5.49. The van der Waals surface area contributed by atoms with Crippen LogP contribution in [0.5, 0.6) is 17.2 Å². The van der Waals surface area contributed by atoms with E-state index in [9.17, 15) is 5.11 Å². The van der Waals surface area contributed by atoms with Crippen molar-refractivity contribution in [3.05, 3.63) is 18.2 Å². The van der Waals surface area contributed by atoms with E-state index in [1.807, 2.05) is 18.2 Å². The molecule has 0 bridgehead atoms. The van der Waals surface area contributed by atoms with Crippen molar-refractivity contribution in [2.45, 2.75) is 90.9 Å². The Hall–Kier alpha value is -1.38. The molecule has 0 heterocycles. The molecule has 0 saturated carbocycles. The minimum Gasteiger partial charge on any atom is -0.502 e. The number of ether oxygens (including phenoxy) is 2. The summed E-state index contributed by atoms with van der Waals surface area (Å²) in [5.74, 6) is 1.21. The molecule has 1 rings (SSSR count). The summed E-state index contributed by atoms with van der Waals surface area (Å²) in [6.07, 6.45) is 14.8. The molecule has 25 heavy (non-hydrogen) atoms. The van der Waals surface area contributed by atoms with E-state index in [1.165, 1.54) is 64.2 Å². The molecule has 0 aromatic heterocycles. The van der Waals surface area contributed by atoms with Gasteiger partial charge in [-0.25, -0.2) is 0 Å². The third kappa shape index (κ3) is 10.3. The fraction of sp³-hybridized carbons (Fsp3) is 0.727. The Bertz CT molecular complexity index is 395. The summed E-state index contributed by atoms with van der Waals surface area (Å²) in [6.45, 7) is 5.77. The lowest BCUT2D eigenvalue weighted by atomic mass is 10.1. The van der Waals surface area contributed by atoms with Crippen LogP contribution in [0.3, 0.4) is 0 Å². The number of phenolic OH excluding ortho intramolecular Hbond substituents is 1. The van der Waals surface area contributed by atoms with Gasteiger partial charge in [0.25, 0.3) is 0 Å². The van der Waals surface area contributed by atoms with Gasteiger partial charge in [-0.1, -0.05) is 84.1 Å². The van der Waals surface area contributed by atoms with Gasteiger partial charge >= 0.3 is 0 Å². The van der Waals surface area contributed by atoms with E-state index < -0.39 is 0 Å². The molecule has 0 spiro atoms.